The molecule has 0 aromatic carbocycles. The average Bonchev–Trinajstić information content (AvgIpc) is 3.16. The smallest absolute Gasteiger partial charge is 0.194 e. The topological polar surface area (TPSA) is 58.3 Å². The second-order valence-corrected chi connectivity index (χ2v) is 6.14. The molecule has 6 nitrogen and oxygen atoms in total. The van der Waals surface area contributed by atoms with Gasteiger partial charge in [0.2, 0.25) is 0 Å². The third kappa shape index (κ3) is 2.51. The lowest BCUT2D eigenvalue weighted by atomic mass is 9.86. The van der Waals surface area contributed by atoms with E-state index in [4.69, 9.17) is 0 Å². The van der Waals surface area contributed by atoms with Gasteiger partial charge in [-0.05, 0) is 24.7 Å². The monoisotopic (exact) mass is 276 g/mol. The molecule has 1 aliphatic carbocycles. The molecule has 2 heterocycles. The van der Waals surface area contributed by atoms with Crippen LogP contribution < -0.4 is 5.32 Å². The molecule has 0 bridgehead atoms. The first-order valence-electron chi connectivity index (χ1n) is 7.51. The van der Waals surface area contributed by atoms with Gasteiger partial charge >= 0.3 is 0 Å². The summed E-state index contributed by atoms with van der Waals surface area (Å²) < 4.78 is 1.93. The molecular formula is C14H24N6. The van der Waals surface area contributed by atoms with Gasteiger partial charge in [0.15, 0.2) is 11.8 Å². The second kappa shape index (κ2) is 5.42. The maximum atomic E-state index is 4.43. The van der Waals surface area contributed by atoms with Crippen LogP contribution in [0.1, 0.15) is 37.9 Å². The number of aliphatic imine (C=N–C) groups is 1. The molecule has 3 rings (SSSR count). The highest BCUT2D eigenvalue weighted by atomic mass is 15.3. The largest absolute Gasteiger partial charge is 0.349 e. The van der Waals surface area contributed by atoms with E-state index in [2.05, 4.69) is 25.4 Å². The van der Waals surface area contributed by atoms with Crippen LogP contribution in [0.15, 0.2) is 11.3 Å². The van der Waals surface area contributed by atoms with E-state index in [1.807, 2.05) is 18.7 Å². The van der Waals surface area contributed by atoms with Crippen molar-refractivity contribution >= 4 is 5.96 Å². The molecule has 0 unspecified atom stereocenters. The summed E-state index contributed by atoms with van der Waals surface area (Å²) in [5.41, 5.74) is 0.572. The zero-order chi connectivity index (χ0) is 14.0. The molecule has 110 valence electrons. The Balaban J connectivity index is 1.59. The number of rotatable bonds is 2. The van der Waals surface area contributed by atoms with E-state index < -0.39 is 0 Å². The van der Waals surface area contributed by atoms with Crippen LogP contribution in [0.4, 0.5) is 0 Å². The average molecular weight is 276 g/mol. The van der Waals surface area contributed by atoms with Gasteiger partial charge in [0.25, 0.3) is 0 Å². The molecule has 1 aliphatic heterocycles. The number of hydrogen-bond donors (Lipinski definition) is 1. The van der Waals surface area contributed by atoms with E-state index >= 15 is 0 Å². The van der Waals surface area contributed by atoms with Crippen molar-refractivity contribution in [1.82, 2.24) is 25.0 Å². The Morgan fingerprint density at radius 3 is 2.85 bits per heavy atom. The van der Waals surface area contributed by atoms with Crippen molar-refractivity contribution < 1.29 is 0 Å². The van der Waals surface area contributed by atoms with E-state index in [-0.39, 0.29) is 0 Å². The van der Waals surface area contributed by atoms with Crippen molar-refractivity contribution in [3.8, 4) is 0 Å². The summed E-state index contributed by atoms with van der Waals surface area (Å²) in [5.74, 6) is 1.93. The molecule has 0 radical (unpaired) electrons. The molecule has 0 amide bonds. The zero-order valence-electron chi connectivity index (χ0n) is 12.5. The Morgan fingerprint density at radius 2 is 2.20 bits per heavy atom. The van der Waals surface area contributed by atoms with Crippen LogP contribution in [0, 0.1) is 5.41 Å². The molecule has 2 aliphatic rings. The van der Waals surface area contributed by atoms with Crippen LogP contribution >= 0.6 is 0 Å². The number of nitrogens with one attached hydrogen (secondary N) is 1. The number of aromatic nitrogens is 3. The van der Waals surface area contributed by atoms with Crippen molar-refractivity contribution in [3.63, 3.8) is 0 Å². The zero-order valence-corrected chi connectivity index (χ0v) is 12.5. The normalized spacial score (nSPS) is 21.9. The van der Waals surface area contributed by atoms with Gasteiger partial charge in [-0.2, -0.15) is 0 Å². The molecule has 1 N–H and O–H groups in total. The van der Waals surface area contributed by atoms with Crippen LogP contribution in [0.2, 0.25) is 0 Å². The first-order chi connectivity index (χ1) is 9.72. The van der Waals surface area contributed by atoms with Gasteiger partial charge in [-0.1, -0.05) is 12.8 Å². The Labute approximate surface area is 120 Å². The fraction of sp³-hybridized carbons (Fsp3) is 0.786. The van der Waals surface area contributed by atoms with Gasteiger partial charge in [-0.3, -0.25) is 4.99 Å². The summed E-state index contributed by atoms with van der Waals surface area (Å²) in [7, 11) is 3.82. The lowest BCUT2D eigenvalue weighted by molar-refractivity contribution is 0.309. The number of likely N-dealkylation sites (tertiary alicyclic amines) is 1. The number of aryl methyl sites for hydroxylation is 1. The van der Waals surface area contributed by atoms with Gasteiger partial charge in [0, 0.05) is 27.2 Å². The molecular weight excluding hydrogens is 252 g/mol. The van der Waals surface area contributed by atoms with Crippen molar-refractivity contribution in [3.05, 3.63) is 12.2 Å². The van der Waals surface area contributed by atoms with E-state index in [0.717, 1.165) is 24.9 Å². The fourth-order valence-electron chi connectivity index (χ4n) is 3.61. The third-order valence-electron chi connectivity index (χ3n) is 4.82. The summed E-state index contributed by atoms with van der Waals surface area (Å²) >= 11 is 0. The summed E-state index contributed by atoms with van der Waals surface area (Å²) in [6.45, 7) is 2.96. The van der Waals surface area contributed by atoms with E-state index in [9.17, 15) is 0 Å². The van der Waals surface area contributed by atoms with Gasteiger partial charge in [-0.25, -0.2) is 0 Å². The maximum absolute atomic E-state index is 4.43. The Kier molecular flexibility index (Phi) is 3.63. The van der Waals surface area contributed by atoms with Gasteiger partial charge in [0.1, 0.15) is 6.33 Å². The number of hydrogen-bond acceptors (Lipinski definition) is 3. The number of nitrogens with zero attached hydrogens (tertiary/aromatic N) is 5. The molecule has 2 fully saturated rings. The van der Waals surface area contributed by atoms with Crippen molar-refractivity contribution in [2.45, 2.75) is 38.6 Å². The predicted molar refractivity (Wildman–Crippen MR) is 78.3 cm³/mol. The molecule has 1 spiro atoms. The van der Waals surface area contributed by atoms with Crippen LogP contribution in [0.5, 0.6) is 0 Å². The highest BCUT2D eigenvalue weighted by molar-refractivity contribution is 5.80. The van der Waals surface area contributed by atoms with Crippen LogP contribution in [0.25, 0.3) is 0 Å². The van der Waals surface area contributed by atoms with Crippen molar-refractivity contribution in [2.24, 2.45) is 17.5 Å². The minimum absolute atomic E-state index is 0.572. The third-order valence-corrected chi connectivity index (χ3v) is 4.82. The van der Waals surface area contributed by atoms with Crippen molar-refractivity contribution in [2.75, 3.05) is 20.1 Å². The molecule has 1 aromatic rings. The summed E-state index contributed by atoms with van der Waals surface area (Å²) in [6, 6.07) is 0. The molecule has 1 aromatic heterocycles. The second-order valence-electron chi connectivity index (χ2n) is 6.14. The van der Waals surface area contributed by atoms with Crippen LogP contribution in [-0.4, -0.2) is 45.8 Å². The first kappa shape index (κ1) is 13.4. The Morgan fingerprint density at radius 1 is 1.40 bits per heavy atom. The minimum Gasteiger partial charge on any atom is -0.349 e. The van der Waals surface area contributed by atoms with Gasteiger partial charge in [0.05, 0.1) is 6.54 Å². The van der Waals surface area contributed by atoms with E-state index in [1.54, 1.807) is 6.33 Å². The SMILES string of the molecule is CN=C(NCc1nncn1C)N1CCC2(CCCC2)C1. The van der Waals surface area contributed by atoms with E-state index in [1.165, 1.54) is 32.1 Å². The highest BCUT2D eigenvalue weighted by Crippen LogP contribution is 2.45. The lowest BCUT2D eigenvalue weighted by Crippen LogP contribution is -2.41. The lowest BCUT2D eigenvalue weighted by Gasteiger charge is -2.25. The molecule has 20 heavy (non-hydrogen) atoms. The highest BCUT2D eigenvalue weighted by Gasteiger charge is 2.41. The Bertz CT molecular complexity index is 486. The van der Waals surface area contributed by atoms with Gasteiger partial charge in [-0.15, -0.1) is 10.2 Å². The first-order valence-corrected chi connectivity index (χ1v) is 7.51. The summed E-state index contributed by atoms with van der Waals surface area (Å²) in [4.78, 5) is 6.83. The Hall–Kier alpha value is -1.59. The fourth-order valence-corrected chi connectivity index (χ4v) is 3.61. The van der Waals surface area contributed by atoms with Crippen molar-refractivity contribution in [1.29, 1.82) is 0 Å². The molecule has 1 saturated heterocycles. The predicted octanol–water partition coefficient (Wildman–Crippen LogP) is 1.16. The van der Waals surface area contributed by atoms with Crippen LogP contribution in [0.3, 0.4) is 0 Å². The molecule has 6 heteroatoms. The summed E-state index contributed by atoms with van der Waals surface area (Å²) in [5, 5.41) is 11.4. The maximum Gasteiger partial charge on any atom is 0.194 e. The van der Waals surface area contributed by atoms with E-state index in [0.29, 0.717) is 12.0 Å². The standard InChI is InChI=1S/C14H24N6/c1-15-13(16-9-12-18-17-11-19(12)2)20-8-7-14(10-20)5-3-4-6-14/h11H,3-10H2,1-2H3,(H,15,16). The summed E-state index contributed by atoms with van der Waals surface area (Å²) in [6.07, 6.45) is 8.63. The number of guanidine groups is 1. The quantitative estimate of drug-likeness (QED) is 0.650. The minimum atomic E-state index is 0.572. The van der Waals surface area contributed by atoms with Crippen LogP contribution in [-0.2, 0) is 13.6 Å². The molecule has 0 atom stereocenters. The molecule has 1 saturated carbocycles. The van der Waals surface area contributed by atoms with Gasteiger partial charge < -0.3 is 14.8 Å².